The van der Waals surface area contributed by atoms with E-state index in [1.807, 2.05) is 0 Å². The molecule has 0 aromatic rings. The average molecular weight is 334 g/mol. The average Bonchev–Trinajstić information content (AvgIpc) is 1.25. The number of carboxylic acid groups (broad SMARTS) is 2. The molecule has 0 radical (unpaired) electrons. The van der Waals surface area contributed by atoms with E-state index in [2.05, 4.69) is 0 Å². The van der Waals surface area contributed by atoms with Gasteiger partial charge in [-0.05, 0) is 13.8 Å². The van der Waals surface area contributed by atoms with Crippen molar-refractivity contribution in [1.82, 2.24) is 0 Å². The Morgan fingerprint density at radius 3 is 0.900 bits per heavy atom. The summed E-state index contributed by atoms with van der Waals surface area (Å²) in [5.41, 5.74) is 0. The van der Waals surface area contributed by atoms with Crippen LogP contribution in [-0.2, 0) is 54.3 Å². The van der Waals surface area contributed by atoms with E-state index in [0.29, 0.717) is 0 Å². The molecular formula is C4H6Ag2O4. The van der Waals surface area contributed by atoms with E-state index in [-0.39, 0.29) is 44.8 Å². The van der Waals surface area contributed by atoms with Gasteiger partial charge in [0.2, 0.25) is 0 Å². The van der Waals surface area contributed by atoms with Crippen LogP contribution in [0.4, 0.5) is 0 Å². The number of hydrogen-bond acceptors (Lipinski definition) is 4. The fourth-order valence-corrected chi connectivity index (χ4v) is 0. The minimum absolute atomic E-state index is 0. The maximum atomic E-state index is 8.89. The quantitative estimate of drug-likeness (QED) is 0.459. The summed E-state index contributed by atoms with van der Waals surface area (Å²) in [4.78, 5) is 17.8. The third-order valence-corrected chi connectivity index (χ3v) is 0. The van der Waals surface area contributed by atoms with Gasteiger partial charge in [-0.25, -0.2) is 0 Å². The Morgan fingerprint density at radius 2 is 0.900 bits per heavy atom. The fraction of sp³-hybridized carbons (Fsp3) is 0.500. The molecule has 0 aliphatic rings. The van der Waals surface area contributed by atoms with Gasteiger partial charge in [-0.1, -0.05) is 0 Å². The Balaban J connectivity index is -0.0000000300. The summed E-state index contributed by atoms with van der Waals surface area (Å²) in [5.74, 6) is -2.17. The summed E-state index contributed by atoms with van der Waals surface area (Å²) < 4.78 is 0. The molecule has 0 spiro atoms. The van der Waals surface area contributed by atoms with Crippen LogP contribution in [0.5, 0.6) is 0 Å². The van der Waals surface area contributed by atoms with Crippen LogP contribution in [0.2, 0.25) is 0 Å². The number of aliphatic carboxylic acids is 2. The summed E-state index contributed by atoms with van der Waals surface area (Å²) in [6.45, 7) is 1.94. The molecule has 0 aromatic heterocycles. The van der Waals surface area contributed by atoms with Crippen LogP contribution >= 0.6 is 0 Å². The summed E-state index contributed by atoms with van der Waals surface area (Å²) in [5, 5.41) is 17.8. The van der Waals surface area contributed by atoms with Crippen molar-refractivity contribution in [3.63, 3.8) is 0 Å². The van der Waals surface area contributed by atoms with Gasteiger partial charge in [0.05, 0.1) is 0 Å². The third-order valence-electron chi connectivity index (χ3n) is 0. The molecule has 0 aromatic carbocycles. The molecule has 6 heteroatoms. The van der Waals surface area contributed by atoms with Gasteiger partial charge in [-0.2, -0.15) is 0 Å². The first-order chi connectivity index (χ1) is 3.46. The number of carbonyl (C=O) groups is 2. The van der Waals surface area contributed by atoms with Crippen LogP contribution in [-0.4, -0.2) is 11.9 Å². The van der Waals surface area contributed by atoms with E-state index in [4.69, 9.17) is 19.8 Å². The second-order valence-corrected chi connectivity index (χ2v) is 0.983. The largest absolute Gasteiger partial charge is 1.00 e. The van der Waals surface area contributed by atoms with Gasteiger partial charge in [0, 0.05) is 11.9 Å². The predicted octanol–water partition coefficient (Wildman–Crippen LogP) is -2.49. The number of rotatable bonds is 0. The molecule has 0 aliphatic heterocycles. The van der Waals surface area contributed by atoms with Crippen LogP contribution in [0, 0.1) is 0 Å². The Bertz CT molecular complexity index is 73.3. The van der Waals surface area contributed by atoms with Crippen LogP contribution in [0.1, 0.15) is 13.8 Å². The van der Waals surface area contributed by atoms with Crippen molar-refractivity contribution >= 4 is 11.9 Å². The van der Waals surface area contributed by atoms with E-state index < -0.39 is 11.9 Å². The SMILES string of the molecule is CC(=O)[O-].CC(=O)[O-].[Ag+].[Ag+]. The van der Waals surface area contributed by atoms with E-state index in [1.165, 1.54) is 0 Å². The van der Waals surface area contributed by atoms with Gasteiger partial charge >= 0.3 is 44.8 Å². The smallest absolute Gasteiger partial charge is 0.550 e. The molecule has 0 unspecified atom stereocenters. The first-order valence-corrected chi connectivity index (χ1v) is 1.82. The van der Waals surface area contributed by atoms with Crippen molar-refractivity contribution in [2.75, 3.05) is 0 Å². The topological polar surface area (TPSA) is 80.3 Å². The van der Waals surface area contributed by atoms with E-state index in [0.717, 1.165) is 13.8 Å². The van der Waals surface area contributed by atoms with Crippen molar-refractivity contribution in [2.45, 2.75) is 13.8 Å². The zero-order valence-electron chi connectivity index (χ0n) is 5.24. The van der Waals surface area contributed by atoms with Crippen molar-refractivity contribution < 1.29 is 64.6 Å². The van der Waals surface area contributed by atoms with Gasteiger partial charge in [0.1, 0.15) is 0 Å². The number of carbonyl (C=O) groups excluding carboxylic acids is 2. The van der Waals surface area contributed by atoms with Crippen LogP contribution < -0.4 is 10.2 Å². The predicted molar refractivity (Wildman–Crippen MR) is 21.4 cm³/mol. The Kier molecular flexibility index (Phi) is 36.4. The molecule has 0 saturated carbocycles. The molecule has 0 rings (SSSR count). The first-order valence-electron chi connectivity index (χ1n) is 1.82. The number of hydrogen-bond donors (Lipinski definition) is 0. The Morgan fingerprint density at radius 1 is 0.900 bits per heavy atom. The summed E-state index contributed by atoms with van der Waals surface area (Å²) in [7, 11) is 0. The van der Waals surface area contributed by atoms with E-state index >= 15 is 0 Å². The molecule has 0 fully saturated rings. The minimum Gasteiger partial charge on any atom is -0.550 e. The molecule has 10 heavy (non-hydrogen) atoms. The fourth-order valence-electron chi connectivity index (χ4n) is 0. The van der Waals surface area contributed by atoms with Crippen molar-refractivity contribution in [2.24, 2.45) is 0 Å². The summed E-state index contributed by atoms with van der Waals surface area (Å²) in [6, 6.07) is 0. The zero-order valence-corrected chi connectivity index (χ0v) is 8.20. The molecule has 0 atom stereocenters. The molecule has 0 bridgehead atoms. The van der Waals surface area contributed by atoms with Crippen LogP contribution in [0.3, 0.4) is 0 Å². The van der Waals surface area contributed by atoms with Crippen molar-refractivity contribution in [3.05, 3.63) is 0 Å². The summed E-state index contributed by atoms with van der Waals surface area (Å²) in [6.07, 6.45) is 0. The molecule has 68 valence electrons. The van der Waals surface area contributed by atoms with Gasteiger partial charge in [0.25, 0.3) is 0 Å². The van der Waals surface area contributed by atoms with Crippen LogP contribution in [0.15, 0.2) is 0 Å². The normalized spacial score (nSPS) is 5.00. The molecule has 0 aliphatic carbocycles. The maximum Gasteiger partial charge on any atom is 1.00 e. The van der Waals surface area contributed by atoms with Gasteiger partial charge in [0.15, 0.2) is 0 Å². The molecular weight excluding hydrogens is 328 g/mol. The number of carboxylic acids is 2. The second kappa shape index (κ2) is 16.2. The van der Waals surface area contributed by atoms with Gasteiger partial charge < -0.3 is 19.8 Å². The monoisotopic (exact) mass is 332 g/mol. The minimum atomic E-state index is -1.08. The van der Waals surface area contributed by atoms with E-state index in [9.17, 15) is 0 Å². The first kappa shape index (κ1) is 22.4. The Labute approximate surface area is 90.0 Å². The maximum absolute atomic E-state index is 8.89. The Hall–Kier alpha value is 0.421. The molecule has 0 N–H and O–H groups in total. The zero-order chi connectivity index (χ0) is 7.15. The summed E-state index contributed by atoms with van der Waals surface area (Å²) >= 11 is 0. The third kappa shape index (κ3) is 2620. The van der Waals surface area contributed by atoms with Crippen LogP contribution in [0.25, 0.3) is 0 Å². The van der Waals surface area contributed by atoms with Crippen molar-refractivity contribution in [1.29, 1.82) is 0 Å². The molecule has 0 saturated heterocycles. The van der Waals surface area contributed by atoms with Crippen molar-refractivity contribution in [3.8, 4) is 0 Å². The van der Waals surface area contributed by atoms with E-state index in [1.54, 1.807) is 0 Å². The molecule has 4 nitrogen and oxygen atoms in total. The second-order valence-electron chi connectivity index (χ2n) is 0.983. The molecule has 0 heterocycles. The molecule has 0 amide bonds. The van der Waals surface area contributed by atoms with Gasteiger partial charge in [-0.15, -0.1) is 0 Å². The standard InChI is InChI=1S/2C2H4O2.2Ag/c2*1-2(3)4;;/h2*1H3,(H,3,4);;/q;;2*+1/p-2. The van der Waals surface area contributed by atoms with Gasteiger partial charge in [-0.3, -0.25) is 0 Å².